The van der Waals surface area contributed by atoms with Crippen molar-refractivity contribution in [2.24, 2.45) is 0 Å². The normalized spacial score (nSPS) is 13.8. The third kappa shape index (κ3) is 4.41. The van der Waals surface area contributed by atoms with Crippen molar-refractivity contribution in [1.29, 1.82) is 0 Å². The SMILES string of the molecule is COc1ccc(-c2ccccc2)cc1NC(=S)N1CCN(c2ccccc2C)CC1. The van der Waals surface area contributed by atoms with E-state index in [0.29, 0.717) is 0 Å². The zero-order chi connectivity index (χ0) is 20.9. The maximum absolute atomic E-state index is 5.75. The smallest absolute Gasteiger partial charge is 0.173 e. The molecule has 0 amide bonds. The number of rotatable bonds is 4. The number of piperazine rings is 1. The summed E-state index contributed by atoms with van der Waals surface area (Å²) in [5, 5.41) is 4.16. The first-order valence-electron chi connectivity index (χ1n) is 10.3. The summed E-state index contributed by atoms with van der Waals surface area (Å²) in [5.41, 5.74) is 5.82. The van der Waals surface area contributed by atoms with Crippen LogP contribution in [0.3, 0.4) is 0 Å². The minimum Gasteiger partial charge on any atom is -0.495 e. The monoisotopic (exact) mass is 417 g/mol. The summed E-state index contributed by atoms with van der Waals surface area (Å²) in [6.07, 6.45) is 0. The van der Waals surface area contributed by atoms with Gasteiger partial charge in [0, 0.05) is 31.9 Å². The average molecular weight is 418 g/mol. The minimum absolute atomic E-state index is 0.739. The lowest BCUT2D eigenvalue weighted by Gasteiger charge is -2.38. The Morgan fingerprint density at radius 2 is 1.57 bits per heavy atom. The summed E-state index contributed by atoms with van der Waals surface area (Å²) in [6, 6.07) is 25.0. The predicted octanol–water partition coefficient (Wildman–Crippen LogP) is 5.19. The van der Waals surface area contributed by atoms with Crippen LogP contribution >= 0.6 is 12.2 Å². The van der Waals surface area contributed by atoms with Gasteiger partial charge in [0.2, 0.25) is 0 Å². The first kappa shape index (κ1) is 20.2. The van der Waals surface area contributed by atoms with E-state index in [9.17, 15) is 0 Å². The third-order valence-corrected chi connectivity index (χ3v) is 5.93. The Morgan fingerprint density at radius 1 is 0.867 bits per heavy atom. The fraction of sp³-hybridized carbons (Fsp3) is 0.240. The number of para-hydroxylation sites is 1. The van der Waals surface area contributed by atoms with Gasteiger partial charge in [-0.2, -0.15) is 0 Å². The second-order valence-corrected chi connectivity index (χ2v) is 7.86. The number of hydrogen-bond donors (Lipinski definition) is 1. The van der Waals surface area contributed by atoms with E-state index in [2.05, 4.69) is 70.6 Å². The highest BCUT2D eigenvalue weighted by atomic mass is 32.1. The first-order valence-corrected chi connectivity index (χ1v) is 10.7. The van der Waals surface area contributed by atoms with Crippen molar-refractivity contribution in [3.05, 3.63) is 78.4 Å². The summed E-state index contributed by atoms with van der Waals surface area (Å²) in [5.74, 6) is 0.788. The van der Waals surface area contributed by atoms with E-state index >= 15 is 0 Å². The topological polar surface area (TPSA) is 27.7 Å². The molecular formula is C25H27N3OS. The number of hydrogen-bond acceptors (Lipinski definition) is 3. The van der Waals surface area contributed by atoms with Gasteiger partial charge in [-0.05, 0) is 54.0 Å². The molecule has 5 heteroatoms. The molecule has 4 nitrogen and oxygen atoms in total. The number of thiocarbonyl (C=S) groups is 1. The molecule has 0 aliphatic carbocycles. The number of nitrogens with one attached hydrogen (secondary N) is 1. The van der Waals surface area contributed by atoms with Gasteiger partial charge in [0.15, 0.2) is 5.11 Å². The van der Waals surface area contributed by atoms with Crippen LogP contribution in [0.15, 0.2) is 72.8 Å². The molecule has 3 aromatic carbocycles. The second-order valence-electron chi connectivity index (χ2n) is 7.47. The van der Waals surface area contributed by atoms with Gasteiger partial charge in [0.05, 0.1) is 12.8 Å². The van der Waals surface area contributed by atoms with Gasteiger partial charge in [-0.15, -0.1) is 0 Å². The molecule has 1 fully saturated rings. The van der Waals surface area contributed by atoms with Crippen LogP contribution in [0.5, 0.6) is 5.75 Å². The summed E-state index contributed by atoms with van der Waals surface area (Å²) >= 11 is 5.75. The van der Waals surface area contributed by atoms with Crippen LogP contribution in [0.4, 0.5) is 11.4 Å². The fourth-order valence-electron chi connectivity index (χ4n) is 3.88. The molecular weight excluding hydrogens is 390 g/mol. The molecule has 1 saturated heterocycles. The lowest BCUT2D eigenvalue weighted by molar-refractivity contribution is 0.390. The van der Waals surface area contributed by atoms with E-state index in [-0.39, 0.29) is 0 Å². The number of ether oxygens (including phenoxy) is 1. The van der Waals surface area contributed by atoms with E-state index in [0.717, 1.165) is 48.3 Å². The van der Waals surface area contributed by atoms with Gasteiger partial charge < -0.3 is 19.9 Å². The van der Waals surface area contributed by atoms with E-state index < -0.39 is 0 Å². The Hall–Kier alpha value is -3.05. The lowest BCUT2D eigenvalue weighted by atomic mass is 10.0. The highest BCUT2D eigenvalue weighted by Gasteiger charge is 2.21. The highest BCUT2D eigenvalue weighted by molar-refractivity contribution is 7.80. The first-order chi connectivity index (χ1) is 14.7. The molecule has 0 bridgehead atoms. The van der Waals surface area contributed by atoms with Crippen LogP contribution < -0.4 is 15.0 Å². The van der Waals surface area contributed by atoms with Crippen LogP contribution in [0.1, 0.15) is 5.56 Å². The Morgan fingerprint density at radius 3 is 2.27 bits per heavy atom. The Kier molecular flexibility index (Phi) is 6.19. The number of benzene rings is 3. The number of aryl methyl sites for hydroxylation is 1. The molecule has 0 aromatic heterocycles. The summed E-state index contributed by atoms with van der Waals surface area (Å²) < 4.78 is 5.56. The van der Waals surface area contributed by atoms with Crippen molar-refractivity contribution in [2.45, 2.75) is 6.92 Å². The molecule has 0 unspecified atom stereocenters. The number of methoxy groups -OCH3 is 1. The van der Waals surface area contributed by atoms with E-state index in [1.165, 1.54) is 16.8 Å². The Labute approximate surface area is 184 Å². The Balaban J connectivity index is 1.45. The number of nitrogens with zero attached hydrogens (tertiary/aromatic N) is 2. The van der Waals surface area contributed by atoms with E-state index in [1.807, 2.05) is 24.3 Å². The molecule has 3 aromatic rings. The molecule has 4 rings (SSSR count). The van der Waals surface area contributed by atoms with Crippen molar-refractivity contribution < 1.29 is 4.74 Å². The van der Waals surface area contributed by atoms with Crippen LogP contribution in [-0.2, 0) is 0 Å². The summed E-state index contributed by atoms with van der Waals surface area (Å²) in [7, 11) is 1.69. The van der Waals surface area contributed by atoms with E-state index in [4.69, 9.17) is 17.0 Å². The maximum atomic E-state index is 5.75. The summed E-state index contributed by atoms with van der Waals surface area (Å²) in [6.45, 7) is 5.85. The van der Waals surface area contributed by atoms with Gasteiger partial charge in [0.25, 0.3) is 0 Å². The zero-order valence-electron chi connectivity index (χ0n) is 17.5. The van der Waals surface area contributed by atoms with E-state index in [1.54, 1.807) is 7.11 Å². The maximum Gasteiger partial charge on any atom is 0.173 e. The minimum atomic E-state index is 0.739. The van der Waals surface area contributed by atoms with Crippen molar-refractivity contribution in [1.82, 2.24) is 4.90 Å². The molecule has 0 saturated carbocycles. The largest absolute Gasteiger partial charge is 0.495 e. The molecule has 1 heterocycles. The van der Waals surface area contributed by atoms with Gasteiger partial charge in [-0.25, -0.2) is 0 Å². The van der Waals surface area contributed by atoms with Crippen molar-refractivity contribution in [2.75, 3.05) is 43.5 Å². The molecule has 30 heavy (non-hydrogen) atoms. The Bertz CT molecular complexity index is 1010. The number of anilines is 2. The van der Waals surface area contributed by atoms with Gasteiger partial charge in [0.1, 0.15) is 5.75 Å². The van der Waals surface area contributed by atoms with Crippen molar-refractivity contribution in [3.8, 4) is 16.9 Å². The van der Waals surface area contributed by atoms with Gasteiger partial charge >= 0.3 is 0 Å². The molecule has 0 radical (unpaired) electrons. The van der Waals surface area contributed by atoms with Crippen LogP contribution in [0.25, 0.3) is 11.1 Å². The molecule has 154 valence electrons. The standard InChI is InChI=1S/C25H27N3OS/c1-19-8-6-7-11-23(19)27-14-16-28(17-15-27)25(30)26-22-18-21(12-13-24(22)29-2)20-9-4-3-5-10-20/h3-13,18H,14-17H2,1-2H3,(H,26,30). The summed E-state index contributed by atoms with van der Waals surface area (Å²) in [4.78, 5) is 4.67. The molecule has 0 atom stereocenters. The zero-order valence-corrected chi connectivity index (χ0v) is 18.3. The molecule has 1 N–H and O–H groups in total. The van der Waals surface area contributed by atoms with Crippen LogP contribution in [-0.4, -0.2) is 43.3 Å². The highest BCUT2D eigenvalue weighted by Crippen LogP contribution is 2.31. The van der Waals surface area contributed by atoms with Crippen molar-refractivity contribution in [3.63, 3.8) is 0 Å². The lowest BCUT2D eigenvalue weighted by Crippen LogP contribution is -2.50. The fourth-order valence-corrected chi connectivity index (χ4v) is 4.17. The molecule has 1 aliphatic rings. The third-order valence-electron chi connectivity index (χ3n) is 5.57. The van der Waals surface area contributed by atoms with Gasteiger partial charge in [-0.1, -0.05) is 54.6 Å². The molecule has 0 spiro atoms. The van der Waals surface area contributed by atoms with Gasteiger partial charge in [-0.3, -0.25) is 0 Å². The second kappa shape index (κ2) is 9.18. The van der Waals surface area contributed by atoms with Crippen LogP contribution in [0.2, 0.25) is 0 Å². The average Bonchev–Trinajstić information content (AvgIpc) is 2.80. The molecule has 1 aliphatic heterocycles. The predicted molar refractivity (Wildman–Crippen MR) is 130 cm³/mol. The van der Waals surface area contributed by atoms with Crippen LogP contribution in [0, 0.1) is 6.92 Å². The van der Waals surface area contributed by atoms with Crippen molar-refractivity contribution >= 4 is 28.7 Å². The quantitative estimate of drug-likeness (QED) is 0.590.